The molecule has 0 spiro atoms. The fourth-order valence-electron chi connectivity index (χ4n) is 8.32. The maximum atomic E-state index is 14.3. The van der Waals surface area contributed by atoms with Crippen LogP contribution in [0.15, 0.2) is 91.1 Å². The van der Waals surface area contributed by atoms with E-state index < -0.39 is 36.0 Å². The Morgan fingerprint density at radius 2 is 1.65 bits per heavy atom. The van der Waals surface area contributed by atoms with Gasteiger partial charge in [-0.25, -0.2) is 4.79 Å². The number of piperidine rings is 1. The molecular formula is C48H46Cl2N4O8. The highest BCUT2D eigenvalue weighted by Crippen LogP contribution is 2.41. The zero-order chi connectivity index (χ0) is 43.5. The Bertz CT molecular complexity index is 2490. The van der Waals surface area contributed by atoms with Crippen molar-refractivity contribution in [3.63, 3.8) is 0 Å². The number of hydrogen-bond acceptors (Lipinski definition) is 8. The molecule has 320 valence electrons. The van der Waals surface area contributed by atoms with Gasteiger partial charge < -0.3 is 34.4 Å². The Balaban J connectivity index is 0.981. The van der Waals surface area contributed by atoms with Crippen LogP contribution in [0.1, 0.15) is 58.0 Å². The molecule has 14 heteroatoms. The molecule has 3 aliphatic heterocycles. The lowest BCUT2D eigenvalue weighted by Gasteiger charge is -2.40. The first kappa shape index (κ1) is 42.6. The summed E-state index contributed by atoms with van der Waals surface area (Å²) in [5, 5.41) is 14.0. The van der Waals surface area contributed by atoms with Crippen molar-refractivity contribution in [1.82, 2.24) is 20.1 Å². The van der Waals surface area contributed by atoms with Crippen LogP contribution in [0, 0.1) is 19.8 Å². The summed E-state index contributed by atoms with van der Waals surface area (Å²) in [6.07, 6.45) is 3.25. The number of pyridine rings is 1. The zero-order valence-corrected chi connectivity index (χ0v) is 35.8. The predicted octanol–water partition coefficient (Wildman–Crippen LogP) is 7.70. The second kappa shape index (κ2) is 18.5. The monoisotopic (exact) mass is 876 g/mol. The Hall–Kier alpha value is -6.11. The molecule has 2 N–H and O–H groups in total. The minimum absolute atomic E-state index is 0.0471. The van der Waals surface area contributed by atoms with Crippen molar-refractivity contribution in [2.45, 2.75) is 70.9 Å². The van der Waals surface area contributed by atoms with Gasteiger partial charge in [0.15, 0.2) is 17.6 Å². The van der Waals surface area contributed by atoms with Gasteiger partial charge in [0, 0.05) is 50.3 Å². The van der Waals surface area contributed by atoms with E-state index >= 15 is 0 Å². The highest BCUT2D eigenvalue weighted by Gasteiger charge is 2.40. The molecule has 0 radical (unpaired) electrons. The van der Waals surface area contributed by atoms with Gasteiger partial charge in [0.2, 0.25) is 18.2 Å². The van der Waals surface area contributed by atoms with E-state index in [1.165, 1.54) is 0 Å². The molecule has 0 aliphatic carbocycles. The molecule has 1 aromatic heterocycles. The first-order valence-electron chi connectivity index (χ1n) is 20.6. The molecule has 1 saturated heterocycles. The zero-order valence-electron chi connectivity index (χ0n) is 34.3. The van der Waals surface area contributed by atoms with Gasteiger partial charge in [-0.2, -0.15) is 0 Å². The number of rotatable bonds is 12. The van der Waals surface area contributed by atoms with Crippen LogP contribution < -0.4 is 19.5 Å². The largest absolute Gasteiger partial charge is 0.489 e. The summed E-state index contributed by atoms with van der Waals surface area (Å²) in [7, 11) is 0. The smallest absolute Gasteiger partial charge is 0.326 e. The first-order valence-corrected chi connectivity index (χ1v) is 21.4. The van der Waals surface area contributed by atoms with Crippen LogP contribution >= 0.6 is 23.2 Å². The van der Waals surface area contributed by atoms with Gasteiger partial charge in [-0.05, 0) is 114 Å². The number of aliphatic carboxylic acids is 1. The molecule has 12 nitrogen and oxygen atoms in total. The minimum Gasteiger partial charge on any atom is -0.489 e. The Morgan fingerprint density at radius 1 is 0.919 bits per heavy atom. The van der Waals surface area contributed by atoms with Crippen LogP contribution in [0.3, 0.4) is 0 Å². The third-order valence-corrected chi connectivity index (χ3v) is 12.8. The molecule has 8 rings (SSSR count). The number of benzene rings is 4. The fraction of sp³-hybridized carbons (Fsp3) is 0.312. The number of carboxylic acid groups (broad SMARTS) is 1. The normalized spacial score (nSPS) is 17.7. The van der Waals surface area contributed by atoms with E-state index in [2.05, 4.69) is 10.3 Å². The van der Waals surface area contributed by atoms with Crippen LogP contribution in [0.5, 0.6) is 17.2 Å². The fourth-order valence-corrected chi connectivity index (χ4v) is 8.64. The number of nitrogens with zero attached hydrogens (tertiary/aromatic N) is 3. The number of ether oxygens (including phenoxy) is 3. The van der Waals surface area contributed by atoms with Crippen molar-refractivity contribution in [3.8, 4) is 28.4 Å². The van der Waals surface area contributed by atoms with Crippen LogP contribution in [0.25, 0.3) is 11.1 Å². The average molecular weight is 878 g/mol. The van der Waals surface area contributed by atoms with Crippen molar-refractivity contribution in [2.24, 2.45) is 5.92 Å². The van der Waals surface area contributed by atoms with Gasteiger partial charge >= 0.3 is 5.97 Å². The van der Waals surface area contributed by atoms with Gasteiger partial charge in [-0.3, -0.25) is 19.4 Å². The van der Waals surface area contributed by atoms with E-state index in [9.17, 15) is 24.3 Å². The van der Waals surface area contributed by atoms with Crippen molar-refractivity contribution >= 4 is 47.4 Å². The molecule has 5 aromatic rings. The Labute approximate surface area is 369 Å². The topological polar surface area (TPSA) is 148 Å². The quantitative estimate of drug-likeness (QED) is 0.120. The number of amides is 3. The van der Waals surface area contributed by atoms with Crippen LogP contribution in [-0.2, 0) is 45.2 Å². The standard InChI is InChI=1S/C48H46Cl2N4O8/c1-28-29(2)51-16-13-38(28)32-6-3-30(4-7-32)20-41(48(58)59)52-46(56)42-21-35-22-43-44(23-36(35)24-54(42)47(57)34-14-17-53(27-55)18-15-34)62-45(26-61-43)33-8-10-37(11-9-33)60-25-31-5-12-39(49)40(50)19-31/h3-13,16,19,22-23,27,34,41-42,45H,14-15,17-18,20-21,24-26H2,1-2H3,(H,52,56)(H,58,59)/t41-,42-,45+/m0/s1. The number of aromatic nitrogens is 1. The number of halogens is 2. The summed E-state index contributed by atoms with van der Waals surface area (Å²) in [5.74, 6) is -0.645. The molecular weight excluding hydrogens is 831 g/mol. The molecule has 4 heterocycles. The molecule has 3 atom stereocenters. The Kier molecular flexibility index (Phi) is 12.7. The maximum absolute atomic E-state index is 14.3. The Morgan fingerprint density at radius 3 is 2.35 bits per heavy atom. The van der Waals surface area contributed by atoms with Gasteiger partial charge in [-0.15, -0.1) is 0 Å². The van der Waals surface area contributed by atoms with Crippen molar-refractivity contribution in [2.75, 3.05) is 19.7 Å². The van der Waals surface area contributed by atoms with Crippen LogP contribution in [0.4, 0.5) is 0 Å². The molecule has 0 saturated carbocycles. The average Bonchev–Trinajstić information content (AvgIpc) is 3.29. The lowest BCUT2D eigenvalue weighted by Crippen LogP contribution is -2.57. The lowest BCUT2D eigenvalue weighted by molar-refractivity contribution is -0.148. The number of hydrogen-bond donors (Lipinski definition) is 2. The molecule has 0 bridgehead atoms. The predicted molar refractivity (Wildman–Crippen MR) is 233 cm³/mol. The van der Waals surface area contributed by atoms with Gasteiger partial charge in [0.25, 0.3) is 0 Å². The summed E-state index contributed by atoms with van der Waals surface area (Å²) in [6.45, 7) is 5.51. The van der Waals surface area contributed by atoms with E-state index in [0.717, 1.165) is 56.6 Å². The second-order valence-electron chi connectivity index (χ2n) is 16.1. The van der Waals surface area contributed by atoms with E-state index in [-0.39, 0.29) is 31.9 Å². The first-order chi connectivity index (χ1) is 29.9. The van der Waals surface area contributed by atoms with Crippen LogP contribution in [-0.4, -0.2) is 75.9 Å². The summed E-state index contributed by atoms with van der Waals surface area (Å²) in [6, 6.07) is 24.0. The van der Waals surface area contributed by atoms with Gasteiger partial charge in [0.05, 0.1) is 10.0 Å². The molecule has 4 aromatic carbocycles. The number of nitrogens with one attached hydrogen (secondary N) is 1. The van der Waals surface area contributed by atoms with E-state index in [1.54, 1.807) is 28.1 Å². The molecule has 3 aliphatic rings. The van der Waals surface area contributed by atoms with E-state index in [4.69, 9.17) is 37.4 Å². The van der Waals surface area contributed by atoms with Crippen LogP contribution in [0.2, 0.25) is 10.0 Å². The summed E-state index contributed by atoms with van der Waals surface area (Å²) < 4.78 is 18.7. The summed E-state index contributed by atoms with van der Waals surface area (Å²) in [4.78, 5) is 60.2. The highest BCUT2D eigenvalue weighted by atomic mass is 35.5. The number of aryl methyl sites for hydroxylation is 1. The summed E-state index contributed by atoms with van der Waals surface area (Å²) in [5.41, 5.74) is 8.13. The van der Waals surface area contributed by atoms with Gasteiger partial charge in [0.1, 0.15) is 31.0 Å². The lowest BCUT2D eigenvalue weighted by atomic mass is 9.89. The number of carboxylic acids is 1. The number of fused-ring (bicyclic) bond motifs is 2. The van der Waals surface area contributed by atoms with Crippen molar-refractivity contribution < 1.29 is 38.5 Å². The molecule has 62 heavy (non-hydrogen) atoms. The van der Waals surface area contributed by atoms with E-state index in [1.807, 2.05) is 86.6 Å². The number of carbonyl (C=O) groups is 4. The molecule has 1 fully saturated rings. The van der Waals surface area contributed by atoms with Crippen molar-refractivity contribution in [1.29, 1.82) is 0 Å². The maximum Gasteiger partial charge on any atom is 0.326 e. The SMILES string of the molecule is Cc1nccc(-c2ccc(C[C@H](NC(=O)[C@@H]3Cc4cc5c(cc4CN3C(=O)C3CCN(C=O)CC3)O[C@@H](c3ccc(OCc4ccc(Cl)c(Cl)c4)cc3)CO5)C(=O)O)cc2)c1C. The van der Waals surface area contributed by atoms with E-state index in [0.29, 0.717) is 59.8 Å². The van der Waals surface area contributed by atoms with Crippen molar-refractivity contribution in [3.05, 3.63) is 140 Å². The molecule has 0 unspecified atom stereocenters. The number of carbonyl (C=O) groups excluding carboxylic acids is 3. The third-order valence-electron chi connectivity index (χ3n) is 12.1. The molecule has 3 amide bonds. The second-order valence-corrected chi connectivity index (χ2v) is 16.9. The highest BCUT2D eigenvalue weighted by molar-refractivity contribution is 6.42. The number of likely N-dealkylation sites (tertiary alicyclic amines) is 1. The van der Waals surface area contributed by atoms with Gasteiger partial charge in [-0.1, -0.05) is 65.7 Å². The third kappa shape index (κ3) is 9.36. The summed E-state index contributed by atoms with van der Waals surface area (Å²) >= 11 is 12.2. The minimum atomic E-state index is -1.24.